The lowest BCUT2D eigenvalue weighted by Gasteiger charge is -2.50. The first-order valence-corrected chi connectivity index (χ1v) is 19.9. The number of hydrogen-bond donors (Lipinski definition) is 1. The number of carbonyl (C=O) groups is 6. The summed E-state index contributed by atoms with van der Waals surface area (Å²) in [6.07, 6.45) is -15.1. The Morgan fingerprint density at radius 2 is 1.27 bits per heavy atom. The summed E-state index contributed by atoms with van der Waals surface area (Å²) in [6.45, 7) is 4.93. The summed E-state index contributed by atoms with van der Waals surface area (Å²) in [5.41, 5.74) is 1.65. The number of esters is 5. The van der Waals surface area contributed by atoms with Crippen LogP contribution in [0.15, 0.2) is 78.9 Å². The van der Waals surface area contributed by atoms with Crippen LogP contribution in [-0.4, -0.2) is 110 Å². The highest BCUT2D eigenvalue weighted by atomic mass is 35.5. The van der Waals surface area contributed by atoms with Crippen LogP contribution in [0.2, 0.25) is 5.02 Å². The molecule has 62 heavy (non-hydrogen) atoms. The Morgan fingerprint density at radius 1 is 0.677 bits per heavy atom. The van der Waals surface area contributed by atoms with Crippen molar-refractivity contribution in [3.8, 4) is 0 Å². The van der Waals surface area contributed by atoms with E-state index in [1.807, 2.05) is 6.07 Å². The van der Waals surface area contributed by atoms with Crippen molar-refractivity contribution in [2.45, 2.75) is 109 Å². The van der Waals surface area contributed by atoms with Crippen LogP contribution >= 0.6 is 11.6 Å². The third kappa shape index (κ3) is 11.9. The Kier molecular flexibility index (Phi) is 15.6. The van der Waals surface area contributed by atoms with Crippen molar-refractivity contribution in [3.63, 3.8) is 0 Å². The predicted molar refractivity (Wildman–Crippen MR) is 212 cm³/mol. The zero-order valence-electron chi connectivity index (χ0n) is 34.3. The van der Waals surface area contributed by atoms with Gasteiger partial charge in [0.05, 0.1) is 29.5 Å². The lowest BCUT2D eigenvalue weighted by molar-refractivity contribution is -0.386. The van der Waals surface area contributed by atoms with Gasteiger partial charge < -0.3 is 57.4 Å². The van der Waals surface area contributed by atoms with Crippen LogP contribution in [-0.2, 0) is 82.7 Å². The molecule has 18 nitrogen and oxygen atoms in total. The van der Waals surface area contributed by atoms with Crippen LogP contribution in [0.5, 0.6) is 0 Å². The summed E-state index contributed by atoms with van der Waals surface area (Å²) in [5.74, 6) is -4.36. The first kappa shape index (κ1) is 46.0. The number of ether oxygens (including phenoxy) is 11. The average Bonchev–Trinajstić information content (AvgIpc) is 3.22. The summed E-state index contributed by atoms with van der Waals surface area (Å²) in [6, 6.07) is 21.7. The van der Waals surface area contributed by atoms with Crippen LogP contribution in [0.25, 0.3) is 0 Å². The van der Waals surface area contributed by atoms with E-state index in [9.17, 15) is 28.8 Å². The highest BCUT2D eigenvalue weighted by molar-refractivity contribution is 6.33. The molecule has 3 heterocycles. The van der Waals surface area contributed by atoms with Gasteiger partial charge in [0, 0.05) is 40.2 Å². The van der Waals surface area contributed by atoms with E-state index in [2.05, 4.69) is 5.32 Å². The van der Waals surface area contributed by atoms with Crippen LogP contribution in [0.4, 0.5) is 5.69 Å². The summed E-state index contributed by atoms with van der Waals surface area (Å²) >= 11 is 6.28. The molecule has 3 aromatic rings. The molecule has 332 valence electrons. The molecule has 1 unspecified atom stereocenters. The van der Waals surface area contributed by atoms with E-state index in [1.165, 1.54) is 25.1 Å². The van der Waals surface area contributed by atoms with Crippen molar-refractivity contribution >= 4 is 53.0 Å². The van der Waals surface area contributed by atoms with Gasteiger partial charge in [0.2, 0.25) is 5.91 Å². The maximum Gasteiger partial charge on any atom is 0.338 e. The topological polar surface area (TPSA) is 216 Å². The molecule has 0 aromatic heterocycles. The Bertz CT molecular complexity index is 2070. The number of benzene rings is 3. The molecule has 3 saturated heterocycles. The molecule has 3 aromatic carbocycles. The standard InChI is InChI=1S/C43H46ClNO17/c1-22(46)45-31-18-27(16-17-30(31)44)19-53-42-38(57-25(4)49)36(55-23(2)47)35(32(59-42)20-52-40(51)28-12-8-6-9-13-28)62-43-39(58-26(5)50)37(56-24(3)48)34-33(60-43)21-54-41(61-34)29-14-10-7-11-15-29/h6-18,32-39,41-43H,19-21H2,1-5H3,(H,45,46)/t32-,33-,34-,35-,36+,37+,38-,39-,41?,42-,43-/m1/s1. The van der Waals surface area contributed by atoms with E-state index in [1.54, 1.807) is 54.6 Å². The van der Waals surface area contributed by atoms with E-state index in [0.29, 0.717) is 16.8 Å². The number of anilines is 1. The maximum absolute atomic E-state index is 13.3. The third-order valence-corrected chi connectivity index (χ3v) is 9.92. The second-order valence-corrected chi connectivity index (χ2v) is 14.8. The fourth-order valence-electron chi connectivity index (χ4n) is 7.13. The van der Waals surface area contributed by atoms with Crippen molar-refractivity contribution in [1.82, 2.24) is 0 Å². The zero-order chi connectivity index (χ0) is 44.5. The van der Waals surface area contributed by atoms with Gasteiger partial charge >= 0.3 is 29.8 Å². The molecule has 1 N–H and O–H groups in total. The van der Waals surface area contributed by atoms with Gasteiger partial charge in [-0.05, 0) is 29.8 Å². The fraction of sp³-hybridized carbons (Fsp3) is 0.442. The van der Waals surface area contributed by atoms with Gasteiger partial charge in [0.15, 0.2) is 43.3 Å². The Hall–Kier alpha value is -5.47. The van der Waals surface area contributed by atoms with Gasteiger partial charge in [-0.1, -0.05) is 66.2 Å². The largest absolute Gasteiger partial charge is 0.459 e. The highest BCUT2D eigenvalue weighted by Gasteiger charge is 2.58. The number of rotatable bonds is 14. The van der Waals surface area contributed by atoms with Crippen LogP contribution in [0.3, 0.4) is 0 Å². The fourth-order valence-corrected chi connectivity index (χ4v) is 7.29. The Balaban J connectivity index is 1.36. The first-order valence-electron chi connectivity index (χ1n) is 19.5. The molecule has 3 aliphatic rings. The number of nitrogens with one attached hydrogen (secondary N) is 1. The van der Waals surface area contributed by atoms with Gasteiger partial charge in [-0.25, -0.2) is 4.79 Å². The van der Waals surface area contributed by atoms with E-state index >= 15 is 0 Å². The normalized spacial score (nSPS) is 28.0. The number of fused-ring (bicyclic) bond motifs is 1. The van der Waals surface area contributed by atoms with Gasteiger partial charge in [-0.3, -0.25) is 24.0 Å². The molecular formula is C43H46ClNO17. The summed E-state index contributed by atoms with van der Waals surface area (Å²) in [7, 11) is 0. The SMILES string of the molecule is CC(=O)Nc1cc(CO[C@@H]2O[C@H](COC(=O)c3ccccc3)[C@@H](O[C@H]3O[C@@H]4COC(c5ccccc5)O[C@H]4[C@H](OC(C)=O)[C@H]3OC(C)=O)[C@H](OC(C)=O)[C@H]2OC(C)=O)ccc1Cl. The number of hydrogen-bond acceptors (Lipinski definition) is 17. The lowest BCUT2D eigenvalue weighted by atomic mass is 9.95. The first-order chi connectivity index (χ1) is 29.7. The number of halogens is 1. The van der Waals surface area contributed by atoms with E-state index in [0.717, 1.165) is 27.7 Å². The second-order valence-electron chi connectivity index (χ2n) is 14.4. The van der Waals surface area contributed by atoms with Crippen LogP contribution in [0, 0.1) is 0 Å². The average molecular weight is 884 g/mol. The Morgan fingerprint density at radius 3 is 1.90 bits per heavy atom. The molecule has 0 bridgehead atoms. The summed E-state index contributed by atoms with van der Waals surface area (Å²) in [4.78, 5) is 76.0. The molecule has 0 spiro atoms. The summed E-state index contributed by atoms with van der Waals surface area (Å²) < 4.78 is 66.5. The van der Waals surface area contributed by atoms with Crippen LogP contribution < -0.4 is 5.32 Å². The number of carbonyl (C=O) groups excluding carboxylic acids is 6. The molecule has 0 aliphatic carbocycles. The molecular weight excluding hydrogens is 838 g/mol. The minimum absolute atomic E-state index is 0.109. The van der Waals surface area contributed by atoms with Crippen molar-refractivity contribution in [2.75, 3.05) is 18.5 Å². The van der Waals surface area contributed by atoms with E-state index in [-0.39, 0.29) is 29.7 Å². The predicted octanol–water partition coefficient (Wildman–Crippen LogP) is 4.35. The minimum Gasteiger partial charge on any atom is -0.459 e. The van der Waals surface area contributed by atoms with Crippen molar-refractivity contribution in [2.24, 2.45) is 0 Å². The molecule has 0 saturated carbocycles. The van der Waals surface area contributed by atoms with Gasteiger partial charge in [0.25, 0.3) is 0 Å². The molecule has 19 heteroatoms. The highest BCUT2D eigenvalue weighted by Crippen LogP contribution is 2.39. The van der Waals surface area contributed by atoms with E-state index < -0.39 is 104 Å². The van der Waals surface area contributed by atoms with Gasteiger partial charge in [-0.2, -0.15) is 0 Å². The van der Waals surface area contributed by atoms with Gasteiger partial charge in [-0.15, -0.1) is 0 Å². The molecule has 6 rings (SSSR count). The molecule has 11 atom stereocenters. The quantitative estimate of drug-likeness (QED) is 0.176. The number of amides is 1. The monoisotopic (exact) mass is 883 g/mol. The third-order valence-electron chi connectivity index (χ3n) is 9.59. The maximum atomic E-state index is 13.3. The van der Waals surface area contributed by atoms with Crippen molar-refractivity contribution < 1.29 is 80.9 Å². The molecule has 3 aliphatic heterocycles. The molecule has 1 amide bonds. The molecule has 0 radical (unpaired) electrons. The minimum atomic E-state index is -1.64. The van der Waals surface area contributed by atoms with Crippen LogP contribution in [0.1, 0.15) is 62.4 Å². The van der Waals surface area contributed by atoms with Crippen molar-refractivity contribution in [3.05, 3.63) is 101 Å². The summed E-state index contributed by atoms with van der Waals surface area (Å²) in [5, 5.41) is 2.88. The smallest absolute Gasteiger partial charge is 0.338 e. The van der Waals surface area contributed by atoms with E-state index in [4.69, 9.17) is 63.7 Å². The Labute approximate surface area is 361 Å². The zero-order valence-corrected chi connectivity index (χ0v) is 35.1. The lowest BCUT2D eigenvalue weighted by Crippen LogP contribution is -2.67. The second kappa shape index (κ2) is 21.1. The van der Waals surface area contributed by atoms with Crippen molar-refractivity contribution in [1.29, 1.82) is 0 Å². The molecule has 3 fully saturated rings. The van der Waals surface area contributed by atoms with Gasteiger partial charge in [0.1, 0.15) is 31.0 Å².